The van der Waals surface area contributed by atoms with Crippen molar-refractivity contribution < 1.29 is 24.4 Å². The van der Waals surface area contributed by atoms with Crippen LogP contribution in [0.4, 0.5) is 22.7 Å². The molecule has 3 rings (SSSR count). The number of carbonyl (C=O) groups excluding carboxylic acids is 2. The summed E-state index contributed by atoms with van der Waals surface area (Å²) in [5.41, 5.74) is 6.85. The zero-order chi connectivity index (χ0) is 23.1. The Morgan fingerprint density at radius 2 is 1.91 bits per heavy atom. The first-order chi connectivity index (χ1) is 15.4. The van der Waals surface area contributed by atoms with Crippen molar-refractivity contribution in [1.29, 1.82) is 0 Å². The smallest absolute Gasteiger partial charge is 0.338 e. The average Bonchev–Trinajstić information content (AvgIpc) is 2.78. The highest BCUT2D eigenvalue weighted by Gasteiger charge is 2.20. The Kier molecular flexibility index (Phi) is 7.58. The van der Waals surface area contributed by atoms with Crippen molar-refractivity contribution in [1.82, 2.24) is 4.90 Å². The molecule has 1 heterocycles. The maximum atomic E-state index is 11.9. The van der Waals surface area contributed by atoms with E-state index in [1.54, 1.807) is 6.07 Å². The Balaban J connectivity index is 1.73. The highest BCUT2D eigenvalue weighted by Crippen LogP contribution is 2.30. The number of hydrogen-bond acceptors (Lipinski definition) is 9. The fraction of sp³-hybridized carbons (Fsp3) is 0.333. The predicted octanol–water partition coefficient (Wildman–Crippen LogP) is 1.09. The van der Waals surface area contributed by atoms with Gasteiger partial charge in [0.25, 0.3) is 5.69 Å². The normalized spacial score (nSPS) is 14.1. The molecular formula is C21H25N5O6. The number of carbonyl (C=O) groups is 2. The van der Waals surface area contributed by atoms with Crippen LogP contribution in [0.5, 0.6) is 0 Å². The van der Waals surface area contributed by atoms with Crippen LogP contribution in [0.3, 0.4) is 0 Å². The molecule has 1 aliphatic rings. The molecule has 0 unspecified atom stereocenters. The second-order valence-corrected chi connectivity index (χ2v) is 7.25. The second-order valence-electron chi connectivity index (χ2n) is 7.25. The predicted molar refractivity (Wildman–Crippen MR) is 118 cm³/mol. The van der Waals surface area contributed by atoms with E-state index < -0.39 is 10.9 Å². The lowest BCUT2D eigenvalue weighted by Crippen LogP contribution is -2.48. The van der Waals surface area contributed by atoms with Gasteiger partial charge in [-0.25, -0.2) is 4.79 Å². The van der Waals surface area contributed by atoms with Crippen molar-refractivity contribution in [2.24, 2.45) is 5.73 Å². The van der Waals surface area contributed by atoms with Crippen molar-refractivity contribution in [3.8, 4) is 0 Å². The van der Waals surface area contributed by atoms with Crippen molar-refractivity contribution in [2.45, 2.75) is 0 Å². The van der Waals surface area contributed by atoms with Gasteiger partial charge in [-0.3, -0.25) is 19.8 Å². The zero-order valence-electron chi connectivity index (χ0n) is 17.4. The van der Waals surface area contributed by atoms with Gasteiger partial charge >= 0.3 is 5.97 Å². The molecule has 11 heteroatoms. The number of amides is 1. The van der Waals surface area contributed by atoms with Crippen LogP contribution in [0.25, 0.3) is 0 Å². The van der Waals surface area contributed by atoms with Gasteiger partial charge in [0.1, 0.15) is 12.3 Å². The Morgan fingerprint density at radius 1 is 1.16 bits per heavy atom. The number of anilines is 3. The molecule has 2 aromatic carbocycles. The van der Waals surface area contributed by atoms with Gasteiger partial charge < -0.3 is 25.8 Å². The lowest BCUT2D eigenvalue weighted by molar-refractivity contribution is -0.383. The number of nitrogens with one attached hydrogen (secondary N) is 1. The summed E-state index contributed by atoms with van der Waals surface area (Å²) in [7, 11) is 0. The van der Waals surface area contributed by atoms with Gasteiger partial charge in [0.2, 0.25) is 5.91 Å². The highest BCUT2D eigenvalue weighted by atomic mass is 16.6. The van der Waals surface area contributed by atoms with Gasteiger partial charge in [-0.15, -0.1) is 0 Å². The third kappa shape index (κ3) is 5.93. The molecule has 0 bridgehead atoms. The minimum Gasteiger partial charge on any atom is -0.460 e. The largest absolute Gasteiger partial charge is 0.460 e. The number of aliphatic hydroxyl groups is 1. The highest BCUT2D eigenvalue weighted by molar-refractivity contribution is 5.91. The molecule has 1 amide bonds. The molecular weight excluding hydrogens is 418 g/mol. The second kappa shape index (κ2) is 10.6. The van der Waals surface area contributed by atoms with Crippen LogP contribution in [-0.4, -0.2) is 72.7 Å². The summed E-state index contributed by atoms with van der Waals surface area (Å²) >= 11 is 0. The van der Waals surface area contributed by atoms with Gasteiger partial charge in [0, 0.05) is 43.6 Å². The molecule has 0 aliphatic carbocycles. The topological polar surface area (TPSA) is 151 Å². The number of piperazine rings is 1. The van der Waals surface area contributed by atoms with E-state index in [0.29, 0.717) is 18.8 Å². The van der Waals surface area contributed by atoms with Crippen LogP contribution >= 0.6 is 0 Å². The molecule has 1 fully saturated rings. The Bertz CT molecular complexity index is 990. The van der Waals surface area contributed by atoms with E-state index in [9.17, 15) is 19.7 Å². The van der Waals surface area contributed by atoms with Crippen molar-refractivity contribution in [3.05, 3.63) is 58.1 Å². The summed E-state index contributed by atoms with van der Waals surface area (Å²) in [5, 5.41) is 23.4. The summed E-state index contributed by atoms with van der Waals surface area (Å²) in [4.78, 5) is 38.2. The standard InChI is InChI=1S/C21H25N5O6/c22-20(28)14-24-6-8-25(9-7-24)17-3-1-2-16(13-17)23-18-5-4-15(12-19(18)26(30)31)21(29)32-11-10-27/h1-5,12-13,23,27H,6-11,14H2,(H2,22,28). The van der Waals surface area contributed by atoms with Gasteiger partial charge in [0.15, 0.2) is 0 Å². The number of esters is 1. The first kappa shape index (κ1) is 23.0. The van der Waals surface area contributed by atoms with E-state index >= 15 is 0 Å². The minimum atomic E-state index is -0.744. The molecule has 0 spiro atoms. The van der Waals surface area contributed by atoms with Crippen molar-refractivity contribution in [2.75, 3.05) is 56.2 Å². The number of nitro benzene ring substituents is 1. The summed E-state index contributed by atoms with van der Waals surface area (Å²) in [6.07, 6.45) is 0. The van der Waals surface area contributed by atoms with E-state index in [1.165, 1.54) is 12.1 Å². The number of hydrogen-bond donors (Lipinski definition) is 3. The van der Waals surface area contributed by atoms with Crippen LogP contribution in [0.15, 0.2) is 42.5 Å². The minimum absolute atomic E-state index is 0.0262. The molecule has 0 atom stereocenters. The third-order valence-corrected chi connectivity index (χ3v) is 5.00. The molecule has 0 aromatic heterocycles. The molecule has 11 nitrogen and oxygen atoms in total. The summed E-state index contributed by atoms with van der Waals surface area (Å²) < 4.78 is 4.82. The van der Waals surface area contributed by atoms with Crippen LogP contribution in [0.2, 0.25) is 0 Å². The lowest BCUT2D eigenvalue weighted by Gasteiger charge is -2.35. The number of benzene rings is 2. The number of nitrogens with two attached hydrogens (primary N) is 1. The van der Waals surface area contributed by atoms with Gasteiger partial charge in [0.05, 0.1) is 23.6 Å². The number of primary amides is 1. The van der Waals surface area contributed by atoms with Crippen molar-refractivity contribution in [3.63, 3.8) is 0 Å². The maximum Gasteiger partial charge on any atom is 0.338 e. The first-order valence-electron chi connectivity index (χ1n) is 10.1. The van der Waals surface area contributed by atoms with Crippen LogP contribution in [0, 0.1) is 10.1 Å². The Morgan fingerprint density at radius 3 is 2.56 bits per heavy atom. The number of ether oxygens (including phenoxy) is 1. The van der Waals surface area contributed by atoms with E-state index in [0.717, 1.165) is 24.8 Å². The van der Waals surface area contributed by atoms with Crippen LogP contribution in [0.1, 0.15) is 10.4 Å². The average molecular weight is 443 g/mol. The molecule has 1 saturated heterocycles. The van der Waals surface area contributed by atoms with Crippen molar-refractivity contribution >= 4 is 34.6 Å². The quantitative estimate of drug-likeness (QED) is 0.294. The third-order valence-electron chi connectivity index (χ3n) is 5.00. The number of nitrogens with zero attached hydrogens (tertiary/aromatic N) is 3. The van der Waals surface area contributed by atoms with Gasteiger partial charge in [-0.05, 0) is 30.3 Å². The molecule has 0 radical (unpaired) electrons. The number of rotatable bonds is 9. The Labute approximate surface area is 184 Å². The molecule has 1 aliphatic heterocycles. The summed E-state index contributed by atoms with van der Waals surface area (Å²) in [6.45, 7) is 2.59. The fourth-order valence-corrected chi connectivity index (χ4v) is 3.46. The van der Waals surface area contributed by atoms with Crippen LogP contribution < -0.4 is 16.0 Å². The summed E-state index contributed by atoms with van der Waals surface area (Å²) in [6, 6.07) is 11.5. The zero-order valence-corrected chi connectivity index (χ0v) is 17.4. The van der Waals surface area contributed by atoms with E-state index in [4.69, 9.17) is 15.6 Å². The lowest BCUT2D eigenvalue weighted by atomic mass is 10.1. The summed E-state index contributed by atoms with van der Waals surface area (Å²) in [5.74, 6) is -1.09. The number of aliphatic hydroxyl groups excluding tert-OH is 1. The van der Waals surface area contributed by atoms with Crippen LogP contribution in [-0.2, 0) is 9.53 Å². The molecule has 0 saturated carbocycles. The van der Waals surface area contributed by atoms with E-state index in [1.807, 2.05) is 23.1 Å². The monoisotopic (exact) mass is 443 g/mol. The van der Waals surface area contributed by atoms with Gasteiger partial charge in [-0.2, -0.15) is 0 Å². The molecule has 4 N–H and O–H groups in total. The van der Waals surface area contributed by atoms with Gasteiger partial charge in [-0.1, -0.05) is 6.07 Å². The maximum absolute atomic E-state index is 11.9. The van der Waals surface area contributed by atoms with E-state index in [2.05, 4.69) is 10.2 Å². The molecule has 2 aromatic rings. The number of nitro groups is 1. The molecule has 170 valence electrons. The molecule has 32 heavy (non-hydrogen) atoms. The Hall–Kier alpha value is -3.70. The SMILES string of the molecule is NC(=O)CN1CCN(c2cccc(Nc3ccc(C(=O)OCCO)cc3[N+](=O)[O-])c2)CC1. The fourth-order valence-electron chi connectivity index (χ4n) is 3.46. The first-order valence-corrected chi connectivity index (χ1v) is 10.1. The van der Waals surface area contributed by atoms with E-state index in [-0.39, 0.29) is 42.6 Å².